The monoisotopic (exact) mass is 635 g/mol. The minimum Gasteiger partial charge on any atom is -0.481 e. The standard InChI is InChI=1S/C7H6O2.C6H8O7.3Ag/c8-7(9)6-4-2-1-3-5-6;7-3(8)1-6(13,5(11)12)2-4(9)10;;;/h1-5H,(H,8,9);13H,1-2H2,(H,7,8)(H,9,10)(H,11,12);;;. The molecule has 0 heterocycles. The van der Waals surface area contributed by atoms with Gasteiger partial charge in [0.2, 0.25) is 0 Å². The molecule has 1 rings (SSSR count). The van der Waals surface area contributed by atoms with Crippen molar-refractivity contribution in [2.75, 3.05) is 0 Å². The number of rotatable bonds is 6. The van der Waals surface area contributed by atoms with Crippen LogP contribution < -0.4 is 0 Å². The van der Waals surface area contributed by atoms with Crippen LogP contribution in [-0.4, -0.2) is 55.0 Å². The molecule has 0 saturated heterocycles. The van der Waals surface area contributed by atoms with Crippen LogP contribution in [0, 0.1) is 0 Å². The van der Waals surface area contributed by atoms with Crippen LogP contribution in [0.25, 0.3) is 0 Å². The second-order valence-electron chi connectivity index (χ2n) is 4.15. The zero-order chi connectivity index (χ0) is 17.3. The summed E-state index contributed by atoms with van der Waals surface area (Å²) in [6, 6.07) is 8.30. The second-order valence-corrected chi connectivity index (χ2v) is 4.15. The third-order valence-corrected chi connectivity index (χ3v) is 2.31. The number of aromatic carboxylic acids is 1. The van der Waals surface area contributed by atoms with Gasteiger partial charge >= 0.3 is 23.9 Å². The van der Waals surface area contributed by atoms with E-state index in [1.165, 1.54) is 0 Å². The Morgan fingerprint density at radius 1 is 0.760 bits per heavy atom. The topological polar surface area (TPSA) is 169 Å². The Morgan fingerprint density at radius 2 is 1.12 bits per heavy atom. The van der Waals surface area contributed by atoms with Gasteiger partial charge in [0, 0.05) is 67.1 Å². The maximum absolute atomic E-state index is 10.3. The number of carboxylic acids is 4. The van der Waals surface area contributed by atoms with Crippen LogP contribution >= 0.6 is 0 Å². The summed E-state index contributed by atoms with van der Waals surface area (Å²) in [6.45, 7) is 0. The van der Waals surface area contributed by atoms with Gasteiger partial charge in [-0.1, -0.05) is 18.2 Å². The summed E-state index contributed by atoms with van der Waals surface area (Å²) in [5, 5.41) is 42.2. The molecule has 0 spiro atoms. The first kappa shape index (κ1) is 32.0. The van der Waals surface area contributed by atoms with Crippen LogP contribution in [0.1, 0.15) is 23.2 Å². The molecule has 25 heavy (non-hydrogen) atoms. The van der Waals surface area contributed by atoms with E-state index in [0.29, 0.717) is 5.56 Å². The first-order chi connectivity index (χ1) is 10.1. The largest absolute Gasteiger partial charge is 0.481 e. The number of hydrogen-bond donors (Lipinski definition) is 5. The average molecular weight is 638 g/mol. The smallest absolute Gasteiger partial charge is 0.336 e. The molecule has 0 aliphatic rings. The summed E-state index contributed by atoms with van der Waals surface area (Å²) >= 11 is 0. The summed E-state index contributed by atoms with van der Waals surface area (Å²) < 4.78 is 0. The maximum Gasteiger partial charge on any atom is 0.336 e. The summed E-state index contributed by atoms with van der Waals surface area (Å²) in [5.41, 5.74) is -2.41. The number of aliphatic carboxylic acids is 3. The molecule has 1 aromatic carbocycles. The summed E-state index contributed by atoms with van der Waals surface area (Å²) in [4.78, 5) is 40.7. The minimum absolute atomic E-state index is 0. The Balaban J connectivity index is -0.000000164. The Hall–Kier alpha value is -0.719. The predicted octanol–water partition coefficient (Wildman–Crippen LogP) is 0.129. The third-order valence-electron chi connectivity index (χ3n) is 2.31. The van der Waals surface area contributed by atoms with Crippen LogP contribution in [-0.2, 0) is 81.5 Å². The van der Waals surface area contributed by atoms with Crippen molar-refractivity contribution in [3.05, 3.63) is 35.9 Å². The normalized spacial score (nSPS) is 8.84. The quantitative estimate of drug-likeness (QED) is 0.272. The van der Waals surface area contributed by atoms with Crippen molar-refractivity contribution >= 4 is 23.9 Å². The molecule has 153 valence electrons. The van der Waals surface area contributed by atoms with Gasteiger partial charge in [-0.15, -0.1) is 0 Å². The van der Waals surface area contributed by atoms with Gasteiger partial charge in [0.05, 0.1) is 18.4 Å². The fourth-order valence-electron chi connectivity index (χ4n) is 1.29. The van der Waals surface area contributed by atoms with Crippen LogP contribution in [0.3, 0.4) is 0 Å². The maximum atomic E-state index is 10.3. The molecule has 1 aromatic rings. The van der Waals surface area contributed by atoms with E-state index >= 15 is 0 Å². The Bertz CT molecular complexity index is 547. The number of hydrogen-bond acceptors (Lipinski definition) is 5. The Kier molecular flexibility index (Phi) is 19.9. The summed E-state index contributed by atoms with van der Waals surface area (Å²) in [5.74, 6) is -5.90. The zero-order valence-electron chi connectivity index (χ0n) is 12.1. The first-order valence-electron chi connectivity index (χ1n) is 5.76. The summed E-state index contributed by atoms with van der Waals surface area (Å²) in [6.07, 6.45) is -2.29. The van der Waals surface area contributed by atoms with Crippen LogP contribution in [0.4, 0.5) is 0 Å². The molecular formula is C13H14Ag3O9. The molecule has 0 atom stereocenters. The van der Waals surface area contributed by atoms with Gasteiger partial charge in [0.1, 0.15) is 0 Å². The van der Waals surface area contributed by atoms with Crippen molar-refractivity contribution in [3.8, 4) is 0 Å². The first-order valence-corrected chi connectivity index (χ1v) is 5.76. The van der Waals surface area contributed by atoms with E-state index in [-0.39, 0.29) is 67.1 Å². The fraction of sp³-hybridized carbons (Fsp3) is 0.231. The molecule has 0 aliphatic carbocycles. The number of benzene rings is 1. The second kappa shape index (κ2) is 15.5. The fourth-order valence-corrected chi connectivity index (χ4v) is 1.29. The van der Waals surface area contributed by atoms with Gasteiger partial charge in [-0.2, -0.15) is 0 Å². The minimum atomic E-state index is -2.74. The third kappa shape index (κ3) is 14.2. The molecule has 9 nitrogen and oxygen atoms in total. The Labute approximate surface area is 189 Å². The van der Waals surface area contributed by atoms with Gasteiger partial charge in [0.15, 0.2) is 5.60 Å². The molecular weight excluding hydrogens is 624 g/mol. The van der Waals surface area contributed by atoms with Crippen molar-refractivity contribution < 1.29 is 112 Å². The predicted molar refractivity (Wildman–Crippen MR) is 70.5 cm³/mol. The number of aliphatic hydroxyl groups is 1. The molecule has 0 saturated carbocycles. The Morgan fingerprint density at radius 3 is 1.32 bits per heavy atom. The van der Waals surface area contributed by atoms with Crippen molar-refractivity contribution in [1.29, 1.82) is 0 Å². The van der Waals surface area contributed by atoms with E-state index in [1.807, 2.05) is 0 Å². The van der Waals surface area contributed by atoms with Crippen molar-refractivity contribution in [3.63, 3.8) is 0 Å². The van der Waals surface area contributed by atoms with Gasteiger partial charge in [-0.3, -0.25) is 9.59 Å². The van der Waals surface area contributed by atoms with E-state index in [9.17, 15) is 19.2 Å². The van der Waals surface area contributed by atoms with Crippen molar-refractivity contribution in [2.24, 2.45) is 0 Å². The van der Waals surface area contributed by atoms with Crippen molar-refractivity contribution in [2.45, 2.75) is 18.4 Å². The average Bonchev–Trinajstić information content (AvgIpc) is 2.38. The van der Waals surface area contributed by atoms with E-state index in [0.717, 1.165) is 0 Å². The van der Waals surface area contributed by atoms with E-state index in [4.69, 9.17) is 25.5 Å². The molecule has 0 aromatic heterocycles. The van der Waals surface area contributed by atoms with Crippen LogP contribution in [0.15, 0.2) is 30.3 Å². The van der Waals surface area contributed by atoms with Gasteiger partial charge in [0.25, 0.3) is 0 Å². The molecule has 0 amide bonds. The SMILES string of the molecule is O=C(O)CC(O)(CC(=O)O)C(=O)O.O=C(O)c1ccccc1.[Ag].[Ag].[Ag]. The molecule has 0 bridgehead atoms. The number of carboxylic acid groups (broad SMARTS) is 4. The van der Waals surface area contributed by atoms with Crippen LogP contribution in [0.2, 0.25) is 0 Å². The zero-order valence-corrected chi connectivity index (χ0v) is 16.5. The molecule has 3 radical (unpaired) electrons. The molecule has 0 unspecified atom stereocenters. The molecule has 0 fully saturated rings. The summed E-state index contributed by atoms with van der Waals surface area (Å²) in [7, 11) is 0. The van der Waals surface area contributed by atoms with Crippen LogP contribution in [0.5, 0.6) is 0 Å². The van der Waals surface area contributed by atoms with E-state index < -0.39 is 42.3 Å². The number of carbonyl (C=O) groups is 4. The van der Waals surface area contributed by atoms with E-state index in [2.05, 4.69) is 0 Å². The molecule has 12 heteroatoms. The van der Waals surface area contributed by atoms with Crippen molar-refractivity contribution in [1.82, 2.24) is 0 Å². The molecule has 5 N–H and O–H groups in total. The van der Waals surface area contributed by atoms with E-state index in [1.54, 1.807) is 30.3 Å². The molecule has 0 aliphatic heterocycles. The van der Waals surface area contributed by atoms with Gasteiger partial charge < -0.3 is 25.5 Å². The van der Waals surface area contributed by atoms with Gasteiger partial charge in [-0.05, 0) is 12.1 Å². The van der Waals surface area contributed by atoms with Gasteiger partial charge in [-0.25, -0.2) is 9.59 Å².